The summed E-state index contributed by atoms with van der Waals surface area (Å²) in [6.07, 6.45) is 1.69. The molecule has 86 valence electrons. The molecule has 0 fully saturated rings. The number of rotatable bonds is 2. The summed E-state index contributed by atoms with van der Waals surface area (Å²) in [4.78, 5) is 11.3. The number of hydrogen-bond donors (Lipinski definition) is 0. The number of ether oxygens (including phenoxy) is 1. The molecule has 0 saturated heterocycles. The Balaban J connectivity index is 2.68. The van der Waals surface area contributed by atoms with Gasteiger partial charge in [0.2, 0.25) is 0 Å². The van der Waals surface area contributed by atoms with Crippen molar-refractivity contribution in [2.75, 3.05) is 7.11 Å². The summed E-state index contributed by atoms with van der Waals surface area (Å²) in [5.74, 6) is -1.22. The summed E-state index contributed by atoms with van der Waals surface area (Å²) >= 11 is 0. The molecule has 17 heavy (non-hydrogen) atoms. The van der Waals surface area contributed by atoms with E-state index in [1.165, 1.54) is 13.2 Å². The van der Waals surface area contributed by atoms with Crippen LogP contribution >= 0.6 is 0 Å². The number of fused-ring (bicyclic) bond motifs is 1. The van der Waals surface area contributed by atoms with Gasteiger partial charge in [-0.1, -0.05) is 30.9 Å². The second kappa shape index (κ2) is 4.37. The lowest BCUT2D eigenvalue weighted by Crippen LogP contribution is -2.04. The van der Waals surface area contributed by atoms with Crippen molar-refractivity contribution in [2.45, 2.75) is 0 Å². The molecular weight excluding hydrogens is 219 g/mol. The van der Waals surface area contributed by atoms with Gasteiger partial charge in [0.1, 0.15) is 5.82 Å². The average molecular weight is 230 g/mol. The molecule has 0 aromatic heterocycles. The third kappa shape index (κ3) is 1.91. The van der Waals surface area contributed by atoms with E-state index in [4.69, 9.17) is 0 Å². The quantitative estimate of drug-likeness (QED) is 0.739. The first-order chi connectivity index (χ1) is 8.17. The van der Waals surface area contributed by atoms with Crippen molar-refractivity contribution in [1.82, 2.24) is 0 Å². The minimum Gasteiger partial charge on any atom is -0.465 e. The molecule has 3 heteroatoms. The third-order valence-corrected chi connectivity index (χ3v) is 2.62. The Bertz CT molecular complexity index is 602. The molecule has 0 N–H and O–H groups in total. The van der Waals surface area contributed by atoms with Crippen molar-refractivity contribution in [3.8, 4) is 0 Å². The molecule has 0 heterocycles. The molecule has 0 aliphatic carbocycles. The van der Waals surface area contributed by atoms with Crippen LogP contribution in [0.3, 0.4) is 0 Å². The first kappa shape index (κ1) is 11.3. The summed E-state index contributed by atoms with van der Waals surface area (Å²) in [6.45, 7) is 3.65. The SMILES string of the molecule is C=Cc1ccc2c(F)c(C(=O)OC)ccc2c1. The van der Waals surface area contributed by atoms with Crippen molar-refractivity contribution in [1.29, 1.82) is 0 Å². The van der Waals surface area contributed by atoms with E-state index in [2.05, 4.69) is 11.3 Å². The van der Waals surface area contributed by atoms with Gasteiger partial charge >= 0.3 is 5.97 Å². The van der Waals surface area contributed by atoms with Gasteiger partial charge in [0.25, 0.3) is 0 Å². The van der Waals surface area contributed by atoms with E-state index in [1.807, 2.05) is 6.07 Å². The maximum Gasteiger partial charge on any atom is 0.340 e. The number of esters is 1. The van der Waals surface area contributed by atoms with E-state index in [-0.39, 0.29) is 5.56 Å². The van der Waals surface area contributed by atoms with E-state index in [1.54, 1.807) is 24.3 Å². The van der Waals surface area contributed by atoms with Crippen LogP contribution in [0.25, 0.3) is 16.8 Å². The standard InChI is InChI=1S/C14H11FO2/c1-3-9-4-6-11-10(8-9)5-7-12(13(11)15)14(16)17-2/h3-8H,1H2,2H3. The van der Waals surface area contributed by atoms with Gasteiger partial charge in [-0.3, -0.25) is 0 Å². The summed E-state index contributed by atoms with van der Waals surface area (Å²) < 4.78 is 18.5. The third-order valence-electron chi connectivity index (χ3n) is 2.62. The summed E-state index contributed by atoms with van der Waals surface area (Å²) in [7, 11) is 1.23. The van der Waals surface area contributed by atoms with Gasteiger partial charge < -0.3 is 4.74 Å². The molecule has 0 radical (unpaired) electrons. The van der Waals surface area contributed by atoms with E-state index in [9.17, 15) is 9.18 Å². The number of methoxy groups -OCH3 is 1. The van der Waals surface area contributed by atoms with Gasteiger partial charge in [0.05, 0.1) is 12.7 Å². The fourth-order valence-corrected chi connectivity index (χ4v) is 1.70. The van der Waals surface area contributed by atoms with Gasteiger partial charge in [0, 0.05) is 5.39 Å². The molecule has 2 aromatic rings. The monoisotopic (exact) mass is 230 g/mol. The van der Waals surface area contributed by atoms with Gasteiger partial charge in [-0.2, -0.15) is 0 Å². The fourth-order valence-electron chi connectivity index (χ4n) is 1.70. The molecule has 0 bridgehead atoms. The second-order valence-corrected chi connectivity index (χ2v) is 3.60. The van der Waals surface area contributed by atoms with E-state index in [0.717, 1.165) is 10.9 Å². The highest BCUT2D eigenvalue weighted by atomic mass is 19.1. The number of halogens is 1. The van der Waals surface area contributed by atoms with Crippen LogP contribution in [0.1, 0.15) is 15.9 Å². The molecule has 0 saturated carbocycles. The van der Waals surface area contributed by atoms with Crippen molar-refractivity contribution >= 4 is 22.8 Å². The number of carbonyl (C=O) groups excluding carboxylic acids is 1. The average Bonchev–Trinajstić information content (AvgIpc) is 2.38. The Hall–Kier alpha value is -2.16. The summed E-state index contributed by atoms with van der Waals surface area (Å²) in [6, 6.07) is 8.31. The second-order valence-electron chi connectivity index (χ2n) is 3.60. The van der Waals surface area contributed by atoms with Gasteiger partial charge in [-0.15, -0.1) is 0 Å². The highest BCUT2D eigenvalue weighted by Gasteiger charge is 2.14. The first-order valence-electron chi connectivity index (χ1n) is 5.10. The number of benzene rings is 2. The molecular formula is C14H11FO2. The molecule has 2 aromatic carbocycles. The van der Waals surface area contributed by atoms with Crippen molar-refractivity contribution in [2.24, 2.45) is 0 Å². The summed E-state index contributed by atoms with van der Waals surface area (Å²) in [5, 5.41) is 1.13. The summed E-state index contributed by atoms with van der Waals surface area (Å²) in [5.41, 5.74) is 0.856. The van der Waals surface area contributed by atoms with Crippen LogP contribution in [0.5, 0.6) is 0 Å². The van der Waals surface area contributed by atoms with Crippen LogP contribution in [0, 0.1) is 5.82 Å². The Labute approximate surface area is 98.3 Å². The lowest BCUT2D eigenvalue weighted by molar-refractivity contribution is 0.0596. The fraction of sp³-hybridized carbons (Fsp3) is 0.0714. The largest absolute Gasteiger partial charge is 0.465 e. The topological polar surface area (TPSA) is 26.3 Å². The smallest absolute Gasteiger partial charge is 0.340 e. The van der Waals surface area contributed by atoms with Crippen molar-refractivity contribution in [3.05, 3.63) is 53.9 Å². The highest BCUT2D eigenvalue weighted by molar-refractivity contribution is 5.96. The van der Waals surface area contributed by atoms with E-state index >= 15 is 0 Å². The molecule has 2 rings (SSSR count). The number of hydrogen-bond acceptors (Lipinski definition) is 2. The molecule has 0 aliphatic heterocycles. The van der Waals surface area contributed by atoms with Crippen LogP contribution in [-0.2, 0) is 4.74 Å². The predicted octanol–water partition coefficient (Wildman–Crippen LogP) is 3.41. The van der Waals surface area contributed by atoms with Crippen LogP contribution in [-0.4, -0.2) is 13.1 Å². The number of carbonyl (C=O) groups is 1. The van der Waals surface area contributed by atoms with Gasteiger partial charge in [-0.25, -0.2) is 9.18 Å². The highest BCUT2D eigenvalue weighted by Crippen LogP contribution is 2.23. The zero-order valence-electron chi connectivity index (χ0n) is 9.37. The zero-order valence-corrected chi connectivity index (χ0v) is 9.37. The molecule has 0 unspecified atom stereocenters. The minimum atomic E-state index is -0.669. The zero-order chi connectivity index (χ0) is 12.4. The lowest BCUT2D eigenvalue weighted by Gasteiger charge is -2.05. The van der Waals surface area contributed by atoms with Crippen LogP contribution in [0.15, 0.2) is 36.9 Å². The predicted molar refractivity (Wildman–Crippen MR) is 65.3 cm³/mol. The lowest BCUT2D eigenvalue weighted by atomic mass is 10.0. The van der Waals surface area contributed by atoms with Crippen molar-refractivity contribution in [3.63, 3.8) is 0 Å². The van der Waals surface area contributed by atoms with Gasteiger partial charge in [0.15, 0.2) is 0 Å². The van der Waals surface area contributed by atoms with Gasteiger partial charge in [-0.05, 0) is 23.1 Å². The van der Waals surface area contributed by atoms with Crippen molar-refractivity contribution < 1.29 is 13.9 Å². The Morgan fingerprint density at radius 1 is 1.35 bits per heavy atom. The maximum absolute atomic E-state index is 14.0. The normalized spacial score (nSPS) is 10.2. The molecule has 0 aliphatic rings. The Morgan fingerprint density at radius 2 is 2.12 bits per heavy atom. The van der Waals surface area contributed by atoms with Crippen LogP contribution < -0.4 is 0 Å². The maximum atomic E-state index is 14.0. The minimum absolute atomic E-state index is 0.0497. The van der Waals surface area contributed by atoms with Crippen LogP contribution in [0.2, 0.25) is 0 Å². The molecule has 2 nitrogen and oxygen atoms in total. The van der Waals surface area contributed by atoms with Crippen LogP contribution in [0.4, 0.5) is 4.39 Å². The van der Waals surface area contributed by atoms with E-state index < -0.39 is 11.8 Å². The first-order valence-corrected chi connectivity index (χ1v) is 5.10. The van der Waals surface area contributed by atoms with E-state index in [0.29, 0.717) is 5.39 Å². The Kier molecular flexibility index (Phi) is 2.91. The Morgan fingerprint density at radius 3 is 2.76 bits per heavy atom. The molecule has 0 amide bonds. The molecule has 0 spiro atoms. The molecule has 0 atom stereocenters.